The summed E-state index contributed by atoms with van der Waals surface area (Å²) < 4.78 is 1.47. The topological polar surface area (TPSA) is 114 Å². The van der Waals surface area contributed by atoms with E-state index in [1.165, 1.54) is 10.7 Å². The highest BCUT2D eigenvalue weighted by molar-refractivity contribution is 6.05. The zero-order chi connectivity index (χ0) is 17.8. The number of carbonyl (C=O) groups is 2. The number of anilines is 1. The summed E-state index contributed by atoms with van der Waals surface area (Å²) in [4.78, 5) is 23.6. The molecule has 0 unspecified atom stereocenters. The molecule has 2 amide bonds. The molecule has 0 aliphatic heterocycles. The van der Waals surface area contributed by atoms with Crippen LogP contribution in [-0.2, 0) is 0 Å². The lowest BCUT2D eigenvalue weighted by atomic mass is 10.1. The van der Waals surface area contributed by atoms with E-state index in [4.69, 9.17) is 11.0 Å². The Bertz CT molecular complexity index is 983. The van der Waals surface area contributed by atoms with Crippen LogP contribution >= 0.6 is 0 Å². The predicted molar refractivity (Wildman–Crippen MR) is 91.2 cm³/mol. The third-order valence-electron chi connectivity index (χ3n) is 3.52. The molecule has 7 heteroatoms. The lowest BCUT2D eigenvalue weighted by molar-refractivity contribution is 0.0992. The Labute approximate surface area is 143 Å². The van der Waals surface area contributed by atoms with Crippen molar-refractivity contribution in [1.29, 1.82) is 5.26 Å². The molecule has 1 heterocycles. The van der Waals surface area contributed by atoms with Crippen LogP contribution in [-0.4, -0.2) is 21.6 Å². The summed E-state index contributed by atoms with van der Waals surface area (Å²) in [6.07, 6.45) is 1.59. The van der Waals surface area contributed by atoms with Gasteiger partial charge >= 0.3 is 0 Å². The molecule has 0 fully saturated rings. The van der Waals surface area contributed by atoms with E-state index in [1.54, 1.807) is 54.7 Å². The molecule has 0 aliphatic carbocycles. The largest absolute Gasteiger partial charge is 0.364 e. The van der Waals surface area contributed by atoms with Crippen LogP contribution in [0.4, 0.5) is 5.69 Å². The number of para-hydroxylation sites is 2. The molecule has 0 bridgehead atoms. The standard InChI is InChI=1S/C18H13N5O2/c19-11-12-5-7-13(8-6-12)18(25)21-14-3-1-2-4-16(14)23-10-9-15(22-23)17(20)24/h1-10H,(H2,20,24)(H,21,25). The molecule has 0 aliphatic rings. The normalized spacial score (nSPS) is 10.0. The van der Waals surface area contributed by atoms with Crippen LogP contribution < -0.4 is 11.1 Å². The summed E-state index contributed by atoms with van der Waals surface area (Å²) in [5.74, 6) is -0.947. The maximum atomic E-state index is 12.4. The minimum absolute atomic E-state index is 0.133. The highest BCUT2D eigenvalue weighted by atomic mass is 16.2. The molecule has 7 nitrogen and oxygen atoms in total. The van der Waals surface area contributed by atoms with Gasteiger partial charge in [-0.2, -0.15) is 10.4 Å². The summed E-state index contributed by atoms with van der Waals surface area (Å²) in [6.45, 7) is 0. The molecule has 0 atom stereocenters. The second-order valence-corrected chi connectivity index (χ2v) is 5.17. The van der Waals surface area contributed by atoms with Gasteiger partial charge in [-0.05, 0) is 42.5 Å². The molecule has 0 spiro atoms. The van der Waals surface area contributed by atoms with E-state index in [2.05, 4.69) is 10.4 Å². The van der Waals surface area contributed by atoms with Crippen LogP contribution in [0.25, 0.3) is 5.69 Å². The van der Waals surface area contributed by atoms with Crippen molar-refractivity contribution in [1.82, 2.24) is 9.78 Å². The molecule has 0 radical (unpaired) electrons. The number of rotatable bonds is 4. The van der Waals surface area contributed by atoms with Gasteiger partial charge in [0.05, 0.1) is 23.0 Å². The number of nitrogens with zero attached hydrogens (tertiary/aromatic N) is 3. The fourth-order valence-corrected chi connectivity index (χ4v) is 2.26. The van der Waals surface area contributed by atoms with Gasteiger partial charge in [-0.25, -0.2) is 4.68 Å². The summed E-state index contributed by atoms with van der Waals surface area (Å²) >= 11 is 0. The summed E-state index contributed by atoms with van der Waals surface area (Å²) in [5, 5.41) is 15.7. The van der Waals surface area contributed by atoms with E-state index in [0.29, 0.717) is 22.5 Å². The molecule has 3 rings (SSSR count). The van der Waals surface area contributed by atoms with Crippen LogP contribution in [0.2, 0.25) is 0 Å². The molecule has 3 aromatic rings. The fourth-order valence-electron chi connectivity index (χ4n) is 2.26. The summed E-state index contributed by atoms with van der Waals surface area (Å²) in [5.41, 5.74) is 7.37. The number of nitrogens with one attached hydrogen (secondary N) is 1. The van der Waals surface area contributed by atoms with Crippen LogP contribution in [0.15, 0.2) is 60.8 Å². The maximum absolute atomic E-state index is 12.4. The summed E-state index contributed by atoms with van der Waals surface area (Å²) in [7, 11) is 0. The molecule has 0 saturated heterocycles. The highest BCUT2D eigenvalue weighted by Crippen LogP contribution is 2.20. The first kappa shape index (κ1) is 16.0. The van der Waals surface area contributed by atoms with E-state index in [9.17, 15) is 9.59 Å². The van der Waals surface area contributed by atoms with Crippen LogP contribution in [0.1, 0.15) is 26.4 Å². The summed E-state index contributed by atoms with van der Waals surface area (Å²) in [6, 6.07) is 16.9. The third-order valence-corrected chi connectivity index (χ3v) is 3.52. The Hall–Kier alpha value is -3.92. The van der Waals surface area contributed by atoms with Crippen molar-refractivity contribution in [2.75, 3.05) is 5.32 Å². The van der Waals surface area contributed by atoms with Crippen molar-refractivity contribution in [3.8, 4) is 11.8 Å². The monoisotopic (exact) mass is 331 g/mol. The van der Waals surface area contributed by atoms with Crippen molar-refractivity contribution in [2.24, 2.45) is 5.73 Å². The number of primary amides is 1. The van der Waals surface area contributed by atoms with Gasteiger partial charge < -0.3 is 11.1 Å². The Morgan fingerprint density at radius 1 is 1.08 bits per heavy atom. The van der Waals surface area contributed by atoms with Gasteiger partial charge in [-0.15, -0.1) is 0 Å². The van der Waals surface area contributed by atoms with Crippen molar-refractivity contribution in [2.45, 2.75) is 0 Å². The Morgan fingerprint density at radius 2 is 1.80 bits per heavy atom. The number of carbonyl (C=O) groups excluding carboxylic acids is 2. The molecule has 122 valence electrons. The number of hydrogen-bond donors (Lipinski definition) is 2. The van der Waals surface area contributed by atoms with Crippen LogP contribution in [0.3, 0.4) is 0 Å². The van der Waals surface area contributed by atoms with Gasteiger partial charge in [0, 0.05) is 11.8 Å². The van der Waals surface area contributed by atoms with Gasteiger partial charge in [0.1, 0.15) is 5.69 Å². The van der Waals surface area contributed by atoms with Crippen molar-refractivity contribution in [3.05, 3.63) is 77.6 Å². The quantitative estimate of drug-likeness (QED) is 0.762. The van der Waals surface area contributed by atoms with Gasteiger partial charge in [0.2, 0.25) is 0 Å². The first-order valence-corrected chi connectivity index (χ1v) is 7.35. The predicted octanol–water partition coefficient (Wildman–Crippen LogP) is 2.10. The molecule has 25 heavy (non-hydrogen) atoms. The smallest absolute Gasteiger partial charge is 0.269 e. The molecule has 0 saturated carbocycles. The Kier molecular flexibility index (Phi) is 4.26. The number of hydrogen-bond acceptors (Lipinski definition) is 4. The van der Waals surface area contributed by atoms with E-state index >= 15 is 0 Å². The number of aromatic nitrogens is 2. The van der Waals surface area contributed by atoms with Crippen molar-refractivity contribution < 1.29 is 9.59 Å². The zero-order valence-corrected chi connectivity index (χ0v) is 13.0. The zero-order valence-electron chi connectivity index (χ0n) is 13.0. The number of amides is 2. The lowest BCUT2D eigenvalue weighted by Gasteiger charge is -2.11. The minimum Gasteiger partial charge on any atom is -0.364 e. The fraction of sp³-hybridized carbons (Fsp3) is 0. The molecule has 2 aromatic carbocycles. The SMILES string of the molecule is N#Cc1ccc(C(=O)Nc2ccccc2-n2ccc(C(N)=O)n2)cc1. The average molecular weight is 331 g/mol. The third kappa shape index (κ3) is 3.38. The van der Waals surface area contributed by atoms with Gasteiger partial charge in [0.15, 0.2) is 0 Å². The molecule has 1 aromatic heterocycles. The lowest BCUT2D eigenvalue weighted by Crippen LogP contribution is -2.15. The van der Waals surface area contributed by atoms with Crippen molar-refractivity contribution >= 4 is 17.5 Å². The second kappa shape index (κ2) is 6.68. The second-order valence-electron chi connectivity index (χ2n) is 5.17. The van der Waals surface area contributed by atoms with E-state index in [0.717, 1.165) is 0 Å². The number of nitrogens with two attached hydrogens (primary N) is 1. The van der Waals surface area contributed by atoms with Gasteiger partial charge in [-0.1, -0.05) is 12.1 Å². The van der Waals surface area contributed by atoms with Crippen molar-refractivity contribution in [3.63, 3.8) is 0 Å². The minimum atomic E-state index is -0.627. The molecular weight excluding hydrogens is 318 g/mol. The van der Waals surface area contributed by atoms with E-state index < -0.39 is 5.91 Å². The van der Waals surface area contributed by atoms with E-state index in [1.807, 2.05) is 6.07 Å². The molecule has 3 N–H and O–H groups in total. The number of benzene rings is 2. The van der Waals surface area contributed by atoms with Crippen LogP contribution in [0, 0.1) is 11.3 Å². The molecular formula is C18H13N5O2. The Balaban J connectivity index is 1.88. The van der Waals surface area contributed by atoms with Gasteiger partial charge in [-0.3, -0.25) is 9.59 Å². The highest BCUT2D eigenvalue weighted by Gasteiger charge is 2.12. The first-order chi connectivity index (χ1) is 12.1. The van der Waals surface area contributed by atoms with Crippen LogP contribution in [0.5, 0.6) is 0 Å². The Morgan fingerprint density at radius 3 is 2.44 bits per heavy atom. The van der Waals surface area contributed by atoms with Gasteiger partial charge in [0.25, 0.3) is 11.8 Å². The van der Waals surface area contributed by atoms with E-state index in [-0.39, 0.29) is 11.6 Å². The average Bonchev–Trinajstić information content (AvgIpc) is 3.12. The maximum Gasteiger partial charge on any atom is 0.269 e. The first-order valence-electron chi connectivity index (χ1n) is 7.35. The number of nitriles is 1.